The first-order valence-electron chi connectivity index (χ1n) is 16.2. The molecule has 2 atom stereocenters. The molecule has 0 radical (unpaired) electrons. The Balaban J connectivity index is 1.24. The predicted octanol–water partition coefficient (Wildman–Crippen LogP) is 6.72. The van der Waals surface area contributed by atoms with Crippen LogP contribution in [0.3, 0.4) is 0 Å². The van der Waals surface area contributed by atoms with Crippen LogP contribution in [0.25, 0.3) is 0 Å². The predicted molar refractivity (Wildman–Crippen MR) is 181 cm³/mol. The van der Waals surface area contributed by atoms with Gasteiger partial charge in [0.25, 0.3) is 5.91 Å². The van der Waals surface area contributed by atoms with Crippen LogP contribution < -0.4 is 15.4 Å². The number of nitriles is 1. The van der Waals surface area contributed by atoms with Gasteiger partial charge in [0, 0.05) is 12.6 Å². The third-order valence-electron chi connectivity index (χ3n) is 9.35. The Labute approximate surface area is 273 Å². The molecule has 1 aliphatic rings. The fourth-order valence-electron chi connectivity index (χ4n) is 6.61. The molecule has 0 aromatic heterocycles. The van der Waals surface area contributed by atoms with Gasteiger partial charge in [0.1, 0.15) is 16.7 Å². The van der Waals surface area contributed by atoms with E-state index in [1.54, 1.807) is 6.07 Å². The number of nitrogens with one attached hydrogen (secondary N) is 2. The van der Waals surface area contributed by atoms with E-state index in [1.165, 1.54) is 7.11 Å². The lowest BCUT2D eigenvalue weighted by Gasteiger charge is -2.39. The Kier molecular flexibility index (Phi) is 12.7. The van der Waals surface area contributed by atoms with Gasteiger partial charge < -0.3 is 25.4 Å². The quantitative estimate of drug-likeness (QED) is 0.161. The highest BCUT2D eigenvalue weighted by atomic mass is 35.5. The van der Waals surface area contributed by atoms with E-state index in [0.29, 0.717) is 41.9 Å². The van der Waals surface area contributed by atoms with E-state index in [9.17, 15) is 15.2 Å². The van der Waals surface area contributed by atoms with E-state index in [4.69, 9.17) is 16.3 Å². The van der Waals surface area contributed by atoms with E-state index in [0.717, 1.165) is 63.0 Å². The van der Waals surface area contributed by atoms with Crippen LogP contribution in [0.5, 0.6) is 11.5 Å². The first kappa shape index (κ1) is 34.3. The fraction of sp³-hybridized carbons (Fsp3) is 0.459. The van der Waals surface area contributed by atoms with E-state index in [1.807, 2.05) is 43.3 Å². The van der Waals surface area contributed by atoms with E-state index in [-0.39, 0.29) is 23.0 Å². The average molecular weight is 631 g/mol. The lowest BCUT2D eigenvalue weighted by Crippen LogP contribution is -2.47. The number of hydrogen-bond donors (Lipinski definition) is 3. The summed E-state index contributed by atoms with van der Waals surface area (Å²) in [6, 6.07) is 24.8. The molecule has 3 aromatic carbocycles. The summed E-state index contributed by atoms with van der Waals surface area (Å²) in [5.74, 6) is 0.0848. The molecular weight excluding hydrogens is 584 g/mol. The van der Waals surface area contributed by atoms with Gasteiger partial charge in [-0.25, -0.2) is 0 Å². The van der Waals surface area contributed by atoms with Gasteiger partial charge >= 0.3 is 0 Å². The van der Waals surface area contributed by atoms with Crippen molar-refractivity contribution in [1.82, 2.24) is 15.5 Å². The number of amides is 1. The molecule has 1 saturated heterocycles. The molecule has 0 saturated carbocycles. The molecule has 8 heteroatoms. The largest absolute Gasteiger partial charge is 0.507 e. The molecule has 4 rings (SSSR count). The minimum absolute atomic E-state index is 0.0679. The van der Waals surface area contributed by atoms with Crippen molar-refractivity contribution in [3.63, 3.8) is 0 Å². The van der Waals surface area contributed by atoms with Crippen LogP contribution in [0.2, 0.25) is 5.02 Å². The highest BCUT2D eigenvalue weighted by Crippen LogP contribution is 2.38. The number of carbonyl (C=O) groups is 1. The summed E-state index contributed by atoms with van der Waals surface area (Å²) in [5, 5.41) is 28.1. The summed E-state index contributed by atoms with van der Waals surface area (Å²) in [6.45, 7) is 8.40. The second-order valence-electron chi connectivity index (χ2n) is 12.0. The number of methoxy groups -OCH3 is 1. The number of phenolic OH excluding ortho intramolecular Hbond substituents is 1. The van der Waals surface area contributed by atoms with Gasteiger partial charge in [0.15, 0.2) is 5.75 Å². The minimum atomic E-state index is -0.682. The zero-order valence-electron chi connectivity index (χ0n) is 26.8. The number of halogens is 1. The molecule has 240 valence electrons. The molecule has 45 heavy (non-hydrogen) atoms. The van der Waals surface area contributed by atoms with E-state index in [2.05, 4.69) is 52.8 Å². The van der Waals surface area contributed by atoms with Crippen molar-refractivity contribution in [2.24, 2.45) is 5.92 Å². The van der Waals surface area contributed by atoms with E-state index < -0.39 is 5.41 Å². The second-order valence-corrected chi connectivity index (χ2v) is 12.4. The molecule has 1 amide bonds. The number of nitrogens with zero attached hydrogens (tertiary/aromatic N) is 2. The van der Waals surface area contributed by atoms with Gasteiger partial charge in [-0.05, 0) is 100 Å². The van der Waals surface area contributed by atoms with E-state index >= 15 is 0 Å². The number of carbonyl (C=O) groups excluding carboxylic acids is 1. The molecule has 1 aliphatic heterocycles. The van der Waals surface area contributed by atoms with Gasteiger partial charge in [0.05, 0.1) is 18.2 Å². The molecule has 0 spiro atoms. The van der Waals surface area contributed by atoms with Crippen molar-refractivity contribution in [3.8, 4) is 17.6 Å². The Hall–Kier alpha value is -3.57. The van der Waals surface area contributed by atoms with Crippen molar-refractivity contribution in [2.75, 3.05) is 39.8 Å². The van der Waals surface area contributed by atoms with Gasteiger partial charge in [-0.15, -0.1) is 0 Å². The first-order valence-corrected chi connectivity index (χ1v) is 16.6. The maximum absolute atomic E-state index is 13.2. The number of likely N-dealkylation sites (tertiary alicyclic amines) is 1. The fourth-order valence-corrected chi connectivity index (χ4v) is 6.91. The summed E-state index contributed by atoms with van der Waals surface area (Å²) in [5.41, 5.74) is 2.10. The maximum atomic E-state index is 13.2. The number of unbranched alkanes of at least 4 members (excludes halogenated alkanes) is 1. The van der Waals surface area contributed by atoms with Gasteiger partial charge in [-0.3, -0.25) is 4.79 Å². The maximum Gasteiger partial charge on any atom is 0.258 e. The number of aromatic hydroxyl groups is 1. The summed E-state index contributed by atoms with van der Waals surface area (Å²) in [4.78, 5) is 15.7. The second kappa shape index (κ2) is 16.7. The summed E-state index contributed by atoms with van der Waals surface area (Å²) in [6.07, 6.45) is 5.51. The lowest BCUT2D eigenvalue weighted by molar-refractivity contribution is 0.0855. The van der Waals surface area contributed by atoms with Gasteiger partial charge in [-0.2, -0.15) is 5.26 Å². The smallest absolute Gasteiger partial charge is 0.258 e. The Morgan fingerprint density at radius 1 is 1.11 bits per heavy atom. The summed E-state index contributed by atoms with van der Waals surface area (Å²) in [7, 11) is 1.45. The Bertz CT molecular complexity index is 1390. The molecule has 3 aromatic rings. The number of rotatable bonds is 15. The highest BCUT2D eigenvalue weighted by molar-refractivity contribution is 6.33. The monoisotopic (exact) mass is 630 g/mol. The average Bonchev–Trinajstić information content (AvgIpc) is 3.07. The molecule has 7 nitrogen and oxygen atoms in total. The number of aryl methyl sites for hydroxylation is 1. The van der Waals surface area contributed by atoms with Crippen LogP contribution in [-0.4, -0.2) is 61.8 Å². The van der Waals surface area contributed by atoms with Crippen LogP contribution >= 0.6 is 11.6 Å². The topological polar surface area (TPSA) is 97.6 Å². The zero-order chi connectivity index (χ0) is 32.2. The summed E-state index contributed by atoms with van der Waals surface area (Å²) < 4.78 is 5.37. The zero-order valence-corrected chi connectivity index (χ0v) is 27.6. The number of piperidine rings is 1. The van der Waals surface area contributed by atoms with Crippen molar-refractivity contribution >= 4 is 17.5 Å². The SMILES string of the molecule is CCc1cc(Cl)c(OC)c(C(=O)NC[C@@H]2CCCN(CCCCNCCC(C#N)(c3ccccc3)c3ccccc3)C2C)c1O. The lowest BCUT2D eigenvalue weighted by atomic mass is 9.73. The number of benzene rings is 3. The van der Waals surface area contributed by atoms with Crippen LogP contribution in [0.1, 0.15) is 73.0 Å². The minimum Gasteiger partial charge on any atom is -0.507 e. The molecule has 0 aliphatic carbocycles. The third-order valence-corrected chi connectivity index (χ3v) is 9.63. The molecule has 1 fully saturated rings. The molecule has 0 bridgehead atoms. The van der Waals surface area contributed by atoms with Gasteiger partial charge in [0.2, 0.25) is 0 Å². The Morgan fingerprint density at radius 3 is 2.38 bits per heavy atom. The van der Waals surface area contributed by atoms with Crippen LogP contribution in [-0.2, 0) is 11.8 Å². The molecule has 1 heterocycles. The molecule has 1 unspecified atom stereocenters. The van der Waals surface area contributed by atoms with Crippen molar-refractivity contribution < 1.29 is 14.6 Å². The number of hydrogen-bond acceptors (Lipinski definition) is 6. The van der Waals surface area contributed by atoms with Crippen LogP contribution in [0, 0.1) is 17.2 Å². The normalized spacial score (nSPS) is 17.0. The van der Waals surface area contributed by atoms with Crippen molar-refractivity contribution in [2.45, 2.75) is 63.8 Å². The van der Waals surface area contributed by atoms with Crippen LogP contribution in [0.15, 0.2) is 66.7 Å². The first-order chi connectivity index (χ1) is 21.9. The molecule has 3 N–H and O–H groups in total. The van der Waals surface area contributed by atoms with Crippen molar-refractivity contribution in [1.29, 1.82) is 5.26 Å². The molecular formula is C37H47ClN4O3. The standard InChI is InChI=1S/C37H47ClN4O3/c1-4-28-24-32(38)35(45-3)33(34(28)43)36(44)41-25-29-14-13-23-42(27(29)2)22-12-11-20-40-21-19-37(26-39,30-15-7-5-8-16-30)31-17-9-6-10-18-31/h5-10,15-18,24,27,29,40,43H,4,11-14,19-23,25H2,1-3H3,(H,41,44)/t27?,29-/m0/s1. The summed E-state index contributed by atoms with van der Waals surface area (Å²) >= 11 is 6.35. The highest BCUT2D eigenvalue weighted by Gasteiger charge is 2.34. The number of ether oxygens (including phenoxy) is 1. The van der Waals surface area contributed by atoms with Crippen LogP contribution in [0.4, 0.5) is 0 Å². The van der Waals surface area contributed by atoms with Crippen molar-refractivity contribution in [3.05, 3.63) is 94.0 Å². The number of phenols is 1. The van der Waals surface area contributed by atoms with Gasteiger partial charge in [-0.1, -0.05) is 79.2 Å². The Morgan fingerprint density at radius 2 is 1.78 bits per heavy atom. The third kappa shape index (κ3) is 8.18.